The van der Waals surface area contributed by atoms with Crippen molar-refractivity contribution in [2.24, 2.45) is 0 Å². The van der Waals surface area contributed by atoms with E-state index in [9.17, 15) is 0 Å². The zero-order chi connectivity index (χ0) is 15.5. The molecule has 1 aromatic heterocycles. The highest BCUT2D eigenvalue weighted by atomic mass is 16.5. The first-order chi connectivity index (χ1) is 9.88. The fourth-order valence-corrected chi connectivity index (χ4v) is 1.72. The van der Waals surface area contributed by atoms with E-state index in [1.54, 1.807) is 6.07 Å². The van der Waals surface area contributed by atoms with Gasteiger partial charge >= 0.3 is 0 Å². The van der Waals surface area contributed by atoms with Gasteiger partial charge in [-0.3, -0.25) is 0 Å². The third-order valence-corrected chi connectivity index (χ3v) is 2.75. The number of nitrogens with zero attached hydrogens (tertiary/aromatic N) is 2. The summed E-state index contributed by atoms with van der Waals surface area (Å²) in [5, 5.41) is 0. The second kappa shape index (κ2) is 5.99. The maximum atomic E-state index is 5.82. The number of hydrogen-bond donors (Lipinski definition) is 1. The molecule has 0 bridgehead atoms. The summed E-state index contributed by atoms with van der Waals surface area (Å²) in [4.78, 5) is 8.67. The first-order valence-corrected chi connectivity index (χ1v) is 6.94. The molecule has 21 heavy (non-hydrogen) atoms. The number of benzene rings is 1. The lowest BCUT2D eigenvalue weighted by Crippen LogP contribution is -2.17. The van der Waals surface area contributed by atoms with E-state index >= 15 is 0 Å². The van der Waals surface area contributed by atoms with Crippen LogP contribution in [0.3, 0.4) is 0 Å². The average Bonchev–Trinajstić information content (AvgIpc) is 2.40. The third-order valence-electron chi connectivity index (χ3n) is 2.75. The Labute approximate surface area is 125 Å². The second-order valence-electron chi connectivity index (χ2n) is 5.71. The van der Waals surface area contributed by atoms with Crippen molar-refractivity contribution in [3.05, 3.63) is 36.2 Å². The van der Waals surface area contributed by atoms with Crippen LogP contribution in [0.25, 0.3) is 0 Å². The molecule has 0 spiro atoms. The van der Waals surface area contributed by atoms with Crippen molar-refractivity contribution >= 4 is 5.82 Å². The molecule has 0 amide bonds. The van der Waals surface area contributed by atoms with E-state index in [0.717, 1.165) is 5.75 Å². The summed E-state index contributed by atoms with van der Waals surface area (Å²) in [5.74, 6) is 2.98. The van der Waals surface area contributed by atoms with Gasteiger partial charge in [-0.15, -0.1) is 0 Å². The van der Waals surface area contributed by atoms with Crippen LogP contribution in [0.5, 0.6) is 17.4 Å². The second-order valence-corrected chi connectivity index (χ2v) is 5.71. The zero-order valence-corrected chi connectivity index (χ0v) is 12.9. The topological polar surface area (TPSA) is 70.3 Å². The Balaban J connectivity index is 2.21. The number of nitrogens with two attached hydrogens (primary N) is 1. The Bertz CT molecular complexity index is 604. The summed E-state index contributed by atoms with van der Waals surface area (Å²) in [5.41, 5.74) is 5.63. The molecule has 0 saturated heterocycles. The lowest BCUT2D eigenvalue weighted by atomic mass is 9.96. The van der Waals surface area contributed by atoms with Gasteiger partial charge in [0, 0.05) is 11.5 Å². The Morgan fingerprint density at radius 3 is 2.24 bits per heavy atom. The van der Waals surface area contributed by atoms with Gasteiger partial charge in [0.25, 0.3) is 0 Å². The van der Waals surface area contributed by atoms with Gasteiger partial charge in [0.2, 0.25) is 5.88 Å². The molecule has 0 saturated carbocycles. The highest BCUT2D eigenvalue weighted by Gasteiger charge is 2.19. The summed E-state index contributed by atoms with van der Waals surface area (Å²) in [6.07, 6.45) is 0. The van der Waals surface area contributed by atoms with E-state index in [4.69, 9.17) is 15.2 Å². The molecule has 0 aliphatic carbocycles. The lowest BCUT2D eigenvalue weighted by molar-refractivity contribution is 0.339. The van der Waals surface area contributed by atoms with Crippen LogP contribution in [0.15, 0.2) is 30.3 Å². The molecular formula is C16H21N3O2. The molecular weight excluding hydrogens is 266 g/mol. The first-order valence-electron chi connectivity index (χ1n) is 6.94. The largest absolute Gasteiger partial charge is 0.494 e. The molecule has 1 heterocycles. The van der Waals surface area contributed by atoms with E-state index in [1.807, 2.05) is 52.0 Å². The molecule has 0 aliphatic rings. The minimum absolute atomic E-state index is 0.188. The zero-order valence-electron chi connectivity index (χ0n) is 12.9. The van der Waals surface area contributed by atoms with E-state index in [0.29, 0.717) is 29.9 Å². The molecule has 0 unspecified atom stereocenters. The average molecular weight is 287 g/mol. The summed E-state index contributed by atoms with van der Waals surface area (Å²) in [6.45, 7) is 8.67. The standard InChI is InChI=1S/C16H21N3O2/c1-5-20-11-6-8-12(9-7-11)21-14-10-13(17)18-15(19-14)16(2,3)4/h6-10H,5H2,1-4H3,(H2,17,18,19). The number of aromatic nitrogens is 2. The molecule has 0 radical (unpaired) electrons. The molecule has 2 rings (SSSR count). The molecule has 2 aromatic rings. The molecule has 1 aromatic carbocycles. The maximum Gasteiger partial charge on any atom is 0.224 e. The van der Waals surface area contributed by atoms with Gasteiger partial charge in [0.15, 0.2) is 0 Å². The normalized spacial score (nSPS) is 11.2. The Morgan fingerprint density at radius 1 is 1.05 bits per heavy atom. The van der Waals surface area contributed by atoms with Crippen LogP contribution in [-0.4, -0.2) is 16.6 Å². The predicted molar refractivity (Wildman–Crippen MR) is 82.8 cm³/mol. The number of rotatable bonds is 4. The van der Waals surface area contributed by atoms with Crippen LogP contribution in [0.4, 0.5) is 5.82 Å². The van der Waals surface area contributed by atoms with Gasteiger partial charge in [-0.2, -0.15) is 4.98 Å². The van der Waals surface area contributed by atoms with Gasteiger partial charge in [0.1, 0.15) is 23.1 Å². The van der Waals surface area contributed by atoms with Crippen molar-refractivity contribution in [1.29, 1.82) is 0 Å². The molecule has 5 heteroatoms. The number of hydrogen-bond acceptors (Lipinski definition) is 5. The molecule has 0 aliphatic heterocycles. The summed E-state index contributed by atoms with van der Waals surface area (Å²) >= 11 is 0. The minimum Gasteiger partial charge on any atom is -0.494 e. The van der Waals surface area contributed by atoms with Gasteiger partial charge in [-0.05, 0) is 31.2 Å². The SMILES string of the molecule is CCOc1ccc(Oc2cc(N)nc(C(C)(C)C)n2)cc1. The fourth-order valence-electron chi connectivity index (χ4n) is 1.72. The number of ether oxygens (including phenoxy) is 2. The van der Waals surface area contributed by atoms with Crippen molar-refractivity contribution in [3.8, 4) is 17.4 Å². The number of nitrogen functional groups attached to an aromatic ring is 1. The Hall–Kier alpha value is -2.30. The van der Waals surface area contributed by atoms with Crippen molar-refractivity contribution < 1.29 is 9.47 Å². The van der Waals surface area contributed by atoms with E-state index < -0.39 is 0 Å². The molecule has 0 fully saturated rings. The highest BCUT2D eigenvalue weighted by Crippen LogP contribution is 2.26. The molecule has 2 N–H and O–H groups in total. The summed E-state index contributed by atoms with van der Waals surface area (Å²) < 4.78 is 11.1. The van der Waals surface area contributed by atoms with Gasteiger partial charge in [-0.25, -0.2) is 4.98 Å². The minimum atomic E-state index is -0.188. The van der Waals surface area contributed by atoms with Crippen LogP contribution in [0.2, 0.25) is 0 Å². The van der Waals surface area contributed by atoms with Gasteiger partial charge in [0.05, 0.1) is 6.61 Å². The summed E-state index contributed by atoms with van der Waals surface area (Å²) in [7, 11) is 0. The molecule has 112 valence electrons. The van der Waals surface area contributed by atoms with Crippen LogP contribution in [0, 0.1) is 0 Å². The lowest BCUT2D eigenvalue weighted by Gasteiger charge is -2.17. The van der Waals surface area contributed by atoms with Gasteiger partial charge in [-0.1, -0.05) is 20.8 Å². The predicted octanol–water partition coefficient (Wildman–Crippen LogP) is 3.55. The van der Waals surface area contributed by atoms with Gasteiger partial charge < -0.3 is 15.2 Å². The van der Waals surface area contributed by atoms with Crippen LogP contribution in [0.1, 0.15) is 33.5 Å². The third kappa shape index (κ3) is 4.08. The summed E-state index contributed by atoms with van der Waals surface area (Å²) in [6, 6.07) is 8.99. The highest BCUT2D eigenvalue weighted by molar-refractivity contribution is 5.38. The Kier molecular flexibility index (Phi) is 4.31. The van der Waals surface area contributed by atoms with Crippen molar-refractivity contribution in [2.75, 3.05) is 12.3 Å². The fraction of sp³-hybridized carbons (Fsp3) is 0.375. The van der Waals surface area contributed by atoms with Crippen LogP contribution >= 0.6 is 0 Å². The quantitative estimate of drug-likeness (QED) is 0.931. The van der Waals surface area contributed by atoms with E-state index in [-0.39, 0.29) is 5.41 Å². The van der Waals surface area contributed by atoms with E-state index in [1.165, 1.54) is 0 Å². The number of anilines is 1. The van der Waals surface area contributed by atoms with Crippen molar-refractivity contribution in [2.45, 2.75) is 33.1 Å². The first kappa shape index (κ1) is 15.1. The van der Waals surface area contributed by atoms with Crippen LogP contribution in [-0.2, 0) is 5.41 Å². The van der Waals surface area contributed by atoms with Crippen molar-refractivity contribution in [3.63, 3.8) is 0 Å². The van der Waals surface area contributed by atoms with Crippen molar-refractivity contribution in [1.82, 2.24) is 9.97 Å². The van der Waals surface area contributed by atoms with Crippen LogP contribution < -0.4 is 15.2 Å². The molecule has 5 nitrogen and oxygen atoms in total. The smallest absolute Gasteiger partial charge is 0.224 e. The monoisotopic (exact) mass is 287 g/mol. The maximum absolute atomic E-state index is 5.82. The molecule has 0 atom stereocenters. The Morgan fingerprint density at radius 2 is 1.67 bits per heavy atom. The van der Waals surface area contributed by atoms with E-state index in [2.05, 4.69) is 9.97 Å².